The molecule has 3 aromatic carbocycles. The Morgan fingerprint density at radius 3 is 2.46 bits per heavy atom. The molecule has 0 aliphatic rings. The van der Waals surface area contributed by atoms with Crippen LogP contribution < -0.4 is 10.6 Å². The van der Waals surface area contributed by atoms with Crippen LogP contribution in [0.1, 0.15) is 27.0 Å². The van der Waals surface area contributed by atoms with Gasteiger partial charge < -0.3 is 20.6 Å². The molecule has 1 unspecified atom stereocenters. The second kappa shape index (κ2) is 11.6. The Morgan fingerprint density at radius 1 is 1.06 bits per heavy atom. The molecule has 0 aliphatic heterocycles. The van der Waals surface area contributed by atoms with E-state index in [-0.39, 0.29) is 22.9 Å². The van der Waals surface area contributed by atoms with Crippen LogP contribution in [0.2, 0.25) is 5.02 Å². The summed E-state index contributed by atoms with van der Waals surface area (Å²) in [5.74, 6) is -0.890. The third-order valence-corrected chi connectivity index (χ3v) is 5.78. The van der Waals surface area contributed by atoms with Crippen LogP contribution in [0.5, 0.6) is 0 Å². The van der Waals surface area contributed by atoms with Crippen LogP contribution in [0.15, 0.2) is 72.8 Å². The molecular weight excluding hydrogens is 464 g/mol. The normalized spacial score (nSPS) is 12.5. The van der Waals surface area contributed by atoms with Crippen molar-refractivity contribution in [2.75, 3.05) is 32.5 Å². The van der Waals surface area contributed by atoms with Gasteiger partial charge in [-0.2, -0.15) is 5.26 Å². The molecule has 7 nitrogen and oxygen atoms in total. The number of hydrogen-bond acceptors (Lipinski definition) is 5. The first-order valence-electron chi connectivity index (χ1n) is 11.0. The molecule has 0 radical (unpaired) electrons. The van der Waals surface area contributed by atoms with E-state index in [1.165, 1.54) is 12.1 Å². The third-order valence-electron chi connectivity index (χ3n) is 5.47. The number of rotatable bonds is 9. The van der Waals surface area contributed by atoms with Gasteiger partial charge in [0.25, 0.3) is 11.8 Å². The molecular formula is C27H27ClN4O3. The molecule has 3 N–H and O–H groups in total. The number of nitrogens with one attached hydrogen (secondary N) is 2. The summed E-state index contributed by atoms with van der Waals surface area (Å²) in [5, 5.41) is 26.5. The predicted octanol–water partition coefficient (Wildman–Crippen LogP) is 3.57. The summed E-state index contributed by atoms with van der Waals surface area (Å²) in [7, 11) is 3.85. The van der Waals surface area contributed by atoms with Gasteiger partial charge in [-0.1, -0.05) is 54.1 Å². The molecule has 3 aromatic rings. The van der Waals surface area contributed by atoms with Gasteiger partial charge in [0.05, 0.1) is 10.6 Å². The molecule has 8 heteroatoms. The van der Waals surface area contributed by atoms with Crippen LogP contribution in [0, 0.1) is 11.3 Å². The van der Waals surface area contributed by atoms with Gasteiger partial charge in [0.15, 0.2) is 5.60 Å². The molecule has 180 valence electrons. The lowest BCUT2D eigenvalue weighted by molar-refractivity contribution is -0.135. The fourth-order valence-electron chi connectivity index (χ4n) is 3.56. The van der Waals surface area contributed by atoms with E-state index in [4.69, 9.17) is 16.9 Å². The minimum absolute atomic E-state index is 0.0638. The number of nitriles is 1. The highest BCUT2D eigenvalue weighted by atomic mass is 35.5. The second-order valence-corrected chi connectivity index (χ2v) is 8.83. The Kier molecular flexibility index (Phi) is 8.61. The van der Waals surface area contributed by atoms with E-state index in [1.54, 1.807) is 60.7 Å². The lowest BCUT2D eigenvalue weighted by atomic mass is 9.85. The van der Waals surface area contributed by atoms with Gasteiger partial charge in [0, 0.05) is 30.8 Å². The maximum absolute atomic E-state index is 13.4. The molecule has 0 bridgehead atoms. The topological polar surface area (TPSA) is 105 Å². The standard InChI is InChI=1S/C27H27ClN4O3/c1-32(2)14-13-30-25(33)20-8-6-7-19(15-20)17-27(35,22-9-4-3-5-10-22)26(34)31-23-12-11-21(18-29)24(28)16-23/h3-12,15-16,35H,13-14,17H2,1-2H3,(H,30,33)(H,31,34). The van der Waals surface area contributed by atoms with Crippen LogP contribution in [0.3, 0.4) is 0 Å². The first-order chi connectivity index (χ1) is 16.7. The van der Waals surface area contributed by atoms with Gasteiger partial charge in [0.1, 0.15) is 6.07 Å². The van der Waals surface area contributed by atoms with E-state index < -0.39 is 11.5 Å². The van der Waals surface area contributed by atoms with Crippen molar-refractivity contribution in [1.29, 1.82) is 5.26 Å². The van der Waals surface area contributed by atoms with Gasteiger partial charge in [-0.05, 0) is 55.6 Å². The zero-order valence-electron chi connectivity index (χ0n) is 19.6. The van der Waals surface area contributed by atoms with Crippen molar-refractivity contribution in [3.8, 4) is 6.07 Å². The molecule has 0 aliphatic carbocycles. The molecule has 0 fully saturated rings. The molecule has 3 rings (SSSR count). The number of anilines is 1. The van der Waals surface area contributed by atoms with E-state index in [0.717, 1.165) is 0 Å². The van der Waals surface area contributed by atoms with Crippen molar-refractivity contribution < 1.29 is 14.7 Å². The Labute approximate surface area is 210 Å². The van der Waals surface area contributed by atoms with Crippen LogP contribution in [0.4, 0.5) is 5.69 Å². The average molecular weight is 491 g/mol. The molecule has 0 spiro atoms. The van der Waals surface area contributed by atoms with E-state index in [2.05, 4.69) is 10.6 Å². The number of nitrogens with zero attached hydrogens (tertiary/aromatic N) is 2. The number of hydrogen-bond donors (Lipinski definition) is 3. The van der Waals surface area contributed by atoms with E-state index >= 15 is 0 Å². The zero-order valence-corrected chi connectivity index (χ0v) is 20.3. The number of amides is 2. The lowest BCUT2D eigenvalue weighted by Crippen LogP contribution is -2.42. The summed E-state index contributed by atoms with van der Waals surface area (Å²) in [6, 6.07) is 21.9. The Balaban J connectivity index is 1.87. The van der Waals surface area contributed by atoms with Gasteiger partial charge in [-0.25, -0.2) is 0 Å². The molecule has 2 amide bonds. The smallest absolute Gasteiger partial charge is 0.261 e. The molecule has 0 aromatic heterocycles. The maximum Gasteiger partial charge on any atom is 0.261 e. The van der Waals surface area contributed by atoms with Gasteiger partial charge in [-0.3, -0.25) is 9.59 Å². The quantitative estimate of drug-likeness (QED) is 0.425. The minimum Gasteiger partial charge on any atom is -0.375 e. The first-order valence-corrected chi connectivity index (χ1v) is 11.4. The van der Waals surface area contributed by atoms with Gasteiger partial charge in [0.2, 0.25) is 0 Å². The first kappa shape index (κ1) is 25.9. The van der Waals surface area contributed by atoms with Gasteiger partial charge >= 0.3 is 0 Å². The molecule has 0 saturated heterocycles. The van der Waals surface area contributed by atoms with E-state index in [1.807, 2.05) is 25.1 Å². The highest BCUT2D eigenvalue weighted by Crippen LogP contribution is 2.29. The zero-order chi connectivity index (χ0) is 25.4. The van der Waals surface area contributed by atoms with Crippen molar-refractivity contribution in [2.24, 2.45) is 0 Å². The van der Waals surface area contributed by atoms with Crippen molar-refractivity contribution in [2.45, 2.75) is 12.0 Å². The molecule has 0 saturated carbocycles. The maximum atomic E-state index is 13.4. The summed E-state index contributed by atoms with van der Waals surface area (Å²) < 4.78 is 0. The molecule has 35 heavy (non-hydrogen) atoms. The van der Waals surface area contributed by atoms with Gasteiger partial charge in [-0.15, -0.1) is 0 Å². The lowest BCUT2D eigenvalue weighted by Gasteiger charge is -2.28. The van der Waals surface area contributed by atoms with Crippen LogP contribution in [0.25, 0.3) is 0 Å². The summed E-state index contributed by atoms with van der Waals surface area (Å²) in [4.78, 5) is 27.9. The number of halogens is 1. The Morgan fingerprint density at radius 2 is 1.80 bits per heavy atom. The fourth-order valence-corrected chi connectivity index (χ4v) is 3.78. The number of likely N-dealkylation sites (N-methyl/N-ethyl adjacent to an activating group) is 1. The molecule has 1 atom stereocenters. The highest BCUT2D eigenvalue weighted by molar-refractivity contribution is 6.32. The third kappa shape index (κ3) is 6.67. The van der Waals surface area contributed by atoms with E-state index in [9.17, 15) is 14.7 Å². The second-order valence-electron chi connectivity index (χ2n) is 8.42. The van der Waals surface area contributed by atoms with Crippen molar-refractivity contribution >= 4 is 29.1 Å². The van der Waals surface area contributed by atoms with Crippen molar-refractivity contribution in [1.82, 2.24) is 10.2 Å². The number of aliphatic hydroxyl groups is 1. The van der Waals surface area contributed by atoms with Crippen molar-refractivity contribution in [3.63, 3.8) is 0 Å². The summed E-state index contributed by atoms with van der Waals surface area (Å²) in [6.07, 6.45) is -0.0638. The number of carbonyl (C=O) groups excluding carboxylic acids is 2. The van der Waals surface area contributed by atoms with Crippen LogP contribution in [-0.4, -0.2) is 49.0 Å². The number of carbonyl (C=O) groups is 2. The Hall–Kier alpha value is -3.70. The van der Waals surface area contributed by atoms with Crippen LogP contribution >= 0.6 is 11.6 Å². The molecule has 0 heterocycles. The largest absolute Gasteiger partial charge is 0.375 e. The average Bonchev–Trinajstić information content (AvgIpc) is 2.84. The monoisotopic (exact) mass is 490 g/mol. The summed E-state index contributed by atoms with van der Waals surface area (Å²) in [5.41, 5.74) is 0.159. The van der Waals surface area contributed by atoms with Crippen molar-refractivity contribution in [3.05, 3.63) is 100 Å². The predicted molar refractivity (Wildman–Crippen MR) is 136 cm³/mol. The van der Waals surface area contributed by atoms with Crippen LogP contribution in [-0.2, 0) is 16.8 Å². The fraction of sp³-hybridized carbons (Fsp3) is 0.222. The number of benzene rings is 3. The summed E-state index contributed by atoms with van der Waals surface area (Å²) in [6.45, 7) is 1.21. The van der Waals surface area contributed by atoms with E-state index in [0.29, 0.717) is 35.5 Å². The minimum atomic E-state index is -1.93. The SMILES string of the molecule is CN(C)CCNC(=O)c1cccc(CC(O)(C(=O)Nc2ccc(C#N)c(Cl)c2)c2ccccc2)c1. The Bertz CT molecular complexity index is 1240. The highest BCUT2D eigenvalue weighted by Gasteiger charge is 2.38. The summed E-state index contributed by atoms with van der Waals surface area (Å²) >= 11 is 6.10.